The predicted molar refractivity (Wildman–Crippen MR) is 79.8 cm³/mol. The fourth-order valence-electron chi connectivity index (χ4n) is 2.08. The standard InChI is InChI=1S/C14H18BrN3O/c1-3-10-7-11(18(2)17-10)8-14(19)12-6-9(15)4-5-13(12)16/h4-7,14,19H,3,8,16H2,1-2H3. The highest BCUT2D eigenvalue weighted by atomic mass is 79.9. The number of aliphatic hydroxyl groups excluding tert-OH is 1. The summed E-state index contributed by atoms with van der Waals surface area (Å²) in [4.78, 5) is 0. The highest BCUT2D eigenvalue weighted by Crippen LogP contribution is 2.27. The zero-order valence-electron chi connectivity index (χ0n) is 11.1. The Hall–Kier alpha value is -1.33. The third-order valence-electron chi connectivity index (χ3n) is 3.20. The number of aryl methyl sites for hydroxylation is 2. The van der Waals surface area contributed by atoms with Crippen LogP contribution in [0.25, 0.3) is 0 Å². The summed E-state index contributed by atoms with van der Waals surface area (Å²) < 4.78 is 2.73. The molecule has 0 radical (unpaired) electrons. The number of aromatic nitrogens is 2. The van der Waals surface area contributed by atoms with Crippen molar-refractivity contribution in [2.45, 2.75) is 25.9 Å². The van der Waals surface area contributed by atoms with Gasteiger partial charge in [-0.2, -0.15) is 5.10 Å². The van der Waals surface area contributed by atoms with E-state index in [0.29, 0.717) is 12.1 Å². The van der Waals surface area contributed by atoms with Gasteiger partial charge < -0.3 is 10.8 Å². The number of rotatable bonds is 4. The second kappa shape index (κ2) is 5.75. The van der Waals surface area contributed by atoms with E-state index in [0.717, 1.165) is 27.8 Å². The Kier molecular flexibility index (Phi) is 4.27. The zero-order chi connectivity index (χ0) is 14.0. The topological polar surface area (TPSA) is 64.1 Å². The Labute approximate surface area is 121 Å². The fourth-order valence-corrected chi connectivity index (χ4v) is 2.46. The van der Waals surface area contributed by atoms with Crippen LogP contribution in [0.3, 0.4) is 0 Å². The summed E-state index contributed by atoms with van der Waals surface area (Å²) in [5.74, 6) is 0. The van der Waals surface area contributed by atoms with Crippen molar-refractivity contribution >= 4 is 21.6 Å². The molecule has 1 aromatic carbocycles. The molecule has 4 nitrogen and oxygen atoms in total. The fraction of sp³-hybridized carbons (Fsp3) is 0.357. The number of anilines is 1. The number of benzene rings is 1. The van der Waals surface area contributed by atoms with E-state index in [4.69, 9.17) is 5.73 Å². The molecule has 0 aliphatic carbocycles. The van der Waals surface area contributed by atoms with Gasteiger partial charge in [-0.3, -0.25) is 4.68 Å². The van der Waals surface area contributed by atoms with Gasteiger partial charge in [-0.1, -0.05) is 22.9 Å². The van der Waals surface area contributed by atoms with Crippen LogP contribution in [-0.4, -0.2) is 14.9 Å². The van der Waals surface area contributed by atoms with Crippen LogP contribution in [0, 0.1) is 0 Å². The van der Waals surface area contributed by atoms with Crippen molar-refractivity contribution in [3.8, 4) is 0 Å². The first-order valence-electron chi connectivity index (χ1n) is 6.26. The van der Waals surface area contributed by atoms with E-state index >= 15 is 0 Å². The van der Waals surface area contributed by atoms with Crippen molar-refractivity contribution in [1.29, 1.82) is 0 Å². The van der Waals surface area contributed by atoms with Crippen LogP contribution < -0.4 is 5.73 Å². The molecule has 1 aromatic heterocycles. The molecule has 3 N–H and O–H groups in total. The summed E-state index contributed by atoms with van der Waals surface area (Å²) in [7, 11) is 1.89. The largest absolute Gasteiger partial charge is 0.398 e. The van der Waals surface area contributed by atoms with Gasteiger partial charge in [0.15, 0.2) is 0 Å². The van der Waals surface area contributed by atoms with Gasteiger partial charge in [0, 0.05) is 34.9 Å². The van der Waals surface area contributed by atoms with Gasteiger partial charge in [-0.15, -0.1) is 0 Å². The lowest BCUT2D eigenvalue weighted by molar-refractivity contribution is 0.176. The van der Waals surface area contributed by atoms with Crippen molar-refractivity contribution in [1.82, 2.24) is 9.78 Å². The van der Waals surface area contributed by atoms with Crippen molar-refractivity contribution in [2.75, 3.05) is 5.73 Å². The molecule has 1 unspecified atom stereocenters. The van der Waals surface area contributed by atoms with Crippen LogP contribution in [0.4, 0.5) is 5.69 Å². The Morgan fingerprint density at radius 2 is 2.16 bits per heavy atom. The summed E-state index contributed by atoms with van der Waals surface area (Å²) in [6.07, 6.45) is 0.769. The molecule has 0 aliphatic rings. The summed E-state index contributed by atoms with van der Waals surface area (Å²) in [6, 6.07) is 7.54. The first-order chi connectivity index (χ1) is 9.01. The summed E-state index contributed by atoms with van der Waals surface area (Å²) in [5, 5.41) is 14.7. The molecular formula is C14H18BrN3O. The van der Waals surface area contributed by atoms with E-state index in [2.05, 4.69) is 28.0 Å². The normalized spacial score (nSPS) is 12.6. The van der Waals surface area contributed by atoms with Crippen LogP contribution in [0.2, 0.25) is 0 Å². The molecule has 2 rings (SSSR count). The highest BCUT2D eigenvalue weighted by molar-refractivity contribution is 9.10. The molecule has 1 atom stereocenters. The van der Waals surface area contributed by atoms with E-state index in [1.165, 1.54) is 0 Å². The van der Waals surface area contributed by atoms with E-state index in [-0.39, 0.29) is 0 Å². The third-order valence-corrected chi connectivity index (χ3v) is 3.69. The van der Waals surface area contributed by atoms with Crippen LogP contribution in [0.5, 0.6) is 0 Å². The SMILES string of the molecule is CCc1cc(CC(O)c2cc(Br)ccc2N)n(C)n1. The minimum absolute atomic E-state index is 0.504. The molecule has 0 aliphatic heterocycles. The quantitative estimate of drug-likeness (QED) is 0.850. The maximum atomic E-state index is 10.3. The summed E-state index contributed by atoms with van der Waals surface area (Å²) >= 11 is 3.40. The van der Waals surface area contributed by atoms with Crippen LogP contribution >= 0.6 is 15.9 Å². The third kappa shape index (κ3) is 3.16. The second-order valence-corrected chi connectivity index (χ2v) is 5.51. The number of aliphatic hydroxyl groups is 1. The smallest absolute Gasteiger partial charge is 0.0865 e. The lowest BCUT2D eigenvalue weighted by atomic mass is 10.0. The van der Waals surface area contributed by atoms with Gasteiger partial charge in [-0.25, -0.2) is 0 Å². The maximum absolute atomic E-state index is 10.3. The number of nitrogens with zero attached hydrogens (tertiary/aromatic N) is 2. The van der Waals surface area contributed by atoms with E-state index < -0.39 is 6.10 Å². The summed E-state index contributed by atoms with van der Waals surface area (Å²) in [5.41, 5.74) is 9.30. The summed E-state index contributed by atoms with van der Waals surface area (Å²) in [6.45, 7) is 2.06. The van der Waals surface area contributed by atoms with Gasteiger partial charge in [-0.05, 0) is 30.7 Å². The van der Waals surface area contributed by atoms with Gasteiger partial charge in [0.25, 0.3) is 0 Å². The second-order valence-electron chi connectivity index (χ2n) is 4.60. The molecule has 0 spiro atoms. The van der Waals surface area contributed by atoms with Gasteiger partial charge in [0.05, 0.1) is 11.8 Å². The highest BCUT2D eigenvalue weighted by Gasteiger charge is 2.15. The number of hydrogen-bond acceptors (Lipinski definition) is 3. The number of nitrogens with two attached hydrogens (primary N) is 1. The lowest BCUT2D eigenvalue weighted by Gasteiger charge is -2.14. The average molecular weight is 324 g/mol. The number of halogens is 1. The average Bonchev–Trinajstić information content (AvgIpc) is 2.73. The van der Waals surface area contributed by atoms with E-state index in [9.17, 15) is 5.11 Å². The van der Waals surface area contributed by atoms with Crippen molar-refractivity contribution in [3.63, 3.8) is 0 Å². The minimum Gasteiger partial charge on any atom is -0.398 e. The predicted octanol–water partition coefficient (Wildman–Crippen LogP) is 2.60. The van der Waals surface area contributed by atoms with Gasteiger partial charge >= 0.3 is 0 Å². The molecule has 0 amide bonds. The van der Waals surface area contributed by atoms with E-state index in [1.807, 2.05) is 29.9 Å². The van der Waals surface area contributed by atoms with Crippen molar-refractivity contribution in [3.05, 3.63) is 45.7 Å². The molecule has 5 heteroatoms. The van der Waals surface area contributed by atoms with Crippen LogP contribution in [0.15, 0.2) is 28.7 Å². The Morgan fingerprint density at radius 3 is 2.79 bits per heavy atom. The van der Waals surface area contributed by atoms with E-state index in [1.54, 1.807) is 6.07 Å². The van der Waals surface area contributed by atoms with Gasteiger partial charge in [0.1, 0.15) is 0 Å². The molecule has 0 saturated carbocycles. The monoisotopic (exact) mass is 323 g/mol. The molecule has 102 valence electrons. The Balaban J connectivity index is 2.22. The zero-order valence-corrected chi connectivity index (χ0v) is 12.7. The molecule has 2 aromatic rings. The number of hydrogen-bond donors (Lipinski definition) is 2. The number of nitrogen functional groups attached to an aromatic ring is 1. The maximum Gasteiger partial charge on any atom is 0.0865 e. The lowest BCUT2D eigenvalue weighted by Crippen LogP contribution is -2.08. The first kappa shape index (κ1) is 14.1. The molecule has 0 fully saturated rings. The Bertz CT molecular complexity index is 580. The first-order valence-corrected chi connectivity index (χ1v) is 7.05. The molecular weight excluding hydrogens is 306 g/mol. The molecule has 0 saturated heterocycles. The minimum atomic E-state index is -0.627. The molecule has 1 heterocycles. The Morgan fingerprint density at radius 1 is 1.42 bits per heavy atom. The molecule has 0 bridgehead atoms. The van der Waals surface area contributed by atoms with Crippen LogP contribution in [-0.2, 0) is 19.9 Å². The molecule has 19 heavy (non-hydrogen) atoms. The van der Waals surface area contributed by atoms with Gasteiger partial charge in [0.2, 0.25) is 0 Å². The van der Waals surface area contributed by atoms with Crippen molar-refractivity contribution in [2.24, 2.45) is 7.05 Å². The van der Waals surface area contributed by atoms with Crippen LogP contribution in [0.1, 0.15) is 30.0 Å². The van der Waals surface area contributed by atoms with Crippen molar-refractivity contribution < 1.29 is 5.11 Å².